The number of hydrogen-bond acceptors (Lipinski definition) is 3. The molecule has 3 amide bonds. The summed E-state index contributed by atoms with van der Waals surface area (Å²) in [5.41, 5.74) is 6.66. The first kappa shape index (κ1) is 15.4. The number of halogens is 1. The van der Waals surface area contributed by atoms with Crippen LogP contribution < -0.4 is 11.1 Å². The topological polar surface area (TPSA) is 78.7 Å². The zero-order valence-electron chi connectivity index (χ0n) is 11.9. The number of anilines is 1. The van der Waals surface area contributed by atoms with Gasteiger partial charge in [0.05, 0.1) is 5.56 Å². The van der Waals surface area contributed by atoms with Crippen molar-refractivity contribution in [1.29, 1.82) is 0 Å². The molecule has 6 nitrogen and oxygen atoms in total. The van der Waals surface area contributed by atoms with Gasteiger partial charge in [-0.1, -0.05) is 11.6 Å². The summed E-state index contributed by atoms with van der Waals surface area (Å²) in [7, 11) is 0. The highest BCUT2D eigenvalue weighted by atomic mass is 35.5. The summed E-state index contributed by atoms with van der Waals surface area (Å²) in [4.78, 5) is 27.5. The van der Waals surface area contributed by atoms with E-state index in [1.165, 1.54) is 0 Å². The molecular weight excluding hydrogens is 292 g/mol. The maximum Gasteiger partial charge on any atom is 0.317 e. The van der Waals surface area contributed by atoms with Gasteiger partial charge in [-0.05, 0) is 25.1 Å². The highest BCUT2D eigenvalue weighted by molar-refractivity contribution is 6.31. The van der Waals surface area contributed by atoms with Crippen molar-refractivity contribution in [3.63, 3.8) is 0 Å². The molecule has 0 aromatic heterocycles. The molecule has 1 aliphatic rings. The molecule has 0 saturated carbocycles. The second-order valence-electron chi connectivity index (χ2n) is 4.85. The minimum atomic E-state index is -0.125. The summed E-state index contributed by atoms with van der Waals surface area (Å²) < 4.78 is 0. The predicted octanol–water partition coefficient (Wildman–Crippen LogP) is 1.41. The summed E-state index contributed by atoms with van der Waals surface area (Å²) in [6, 6.07) is 4.77. The molecular formula is C14H19ClN4O2. The Kier molecular flexibility index (Phi) is 4.90. The lowest BCUT2D eigenvalue weighted by Gasteiger charge is -2.34. The van der Waals surface area contributed by atoms with Crippen molar-refractivity contribution in [2.75, 3.05) is 38.5 Å². The zero-order valence-corrected chi connectivity index (χ0v) is 12.7. The van der Waals surface area contributed by atoms with E-state index in [9.17, 15) is 9.59 Å². The van der Waals surface area contributed by atoms with Crippen LogP contribution in [0.25, 0.3) is 0 Å². The van der Waals surface area contributed by atoms with Gasteiger partial charge in [0.25, 0.3) is 5.91 Å². The molecule has 1 aromatic carbocycles. The van der Waals surface area contributed by atoms with Crippen LogP contribution in [-0.2, 0) is 0 Å². The zero-order chi connectivity index (χ0) is 15.4. The molecule has 7 heteroatoms. The molecule has 1 aliphatic heterocycles. The van der Waals surface area contributed by atoms with Crippen LogP contribution in [0.2, 0.25) is 5.02 Å². The Bertz CT molecular complexity index is 542. The number of urea groups is 1. The van der Waals surface area contributed by atoms with Gasteiger partial charge < -0.3 is 20.9 Å². The van der Waals surface area contributed by atoms with Crippen LogP contribution in [0, 0.1) is 0 Å². The number of hydrogen-bond donors (Lipinski definition) is 2. The van der Waals surface area contributed by atoms with Crippen LogP contribution in [-0.4, -0.2) is 54.5 Å². The van der Waals surface area contributed by atoms with Crippen LogP contribution in [0.4, 0.5) is 10.5 Å². The average molecular weight is 311 g/mol. The van der Waals surface area contributed by atoms with Crippen molar-refractivity contribution in [3.05, 3.63) is 28.8 Å². The van der Waals surface area contributed by atoms with Gasteiger partial charge in [-0.3, -0.25) is 4.79 Å². The Hall–Kier alpha value is -1.95. The van der Waals surface area contributed by atoms with E-state index >= 15 is 0 Å². The van der Waals surface area contributed by atoms with E-state index in [2.05, 4.69) is 5.32 Å². The highest BCUT2D eigenvalue weighted by Gasteiger charge is 2.25. The number of nitrogens with zero attached hydrogens (tertiary/aromatic N) is 2. The number of amides is 3. The van der Waals surface area contributed by atoms with Crippen LogP contribution in [0.5, 0.6) is 0 Å². The fourth-order valence-corrected chi connectivity index (χ4v) is 2.45. The molecule has 2 rings (SSSR count). The second-order valence-corrected chi connectivity index (χ2v) is 5.28. The number of rotatable bonds is 2. The number of nitrogens with two attached hydrogens (primary N) is 1. The Balaban J connectivity index is 1.98. The summed E-state index contributed by atoms with van der Waals surface area (Å²) in [5, 5.41) is 3.26. The largest absolute Gasteiger partial charge is 0.398 e. The normalized spacial score (nSPS) is 15.0. The number of carbonyl (C=O) groups is 2. The molecule has 0 spiro atoms. The van der Waals surface area contributed by atoms with Gasteiger partial charge >= 0.3 is 6.03 Å². The van der Waals surface area contributed by atoms with Crippen molar-refractivity contribution in [2.45, 2.75) is 6.92 Å². The fraction of sp³-hybridized carbons (Fsp3) is 0.429. The fourth-order valence-electron chi connectivity index (χ4n) is 2.27. The van der Waals surface area contributed by atoms with Crippen LogP contribution >= 0.6 is 11.6 Å². The summed E-state index contributed by atoms with van der Waals surface area (Å²) >= 11 is 5.84. The van der Waals surface area contributed by atoms with E-state index in [0.717, 1.165) is 0 Å². The van der Waals surface area contributed by atoms with Gasteiger partial charge in [-0.15, -0.1) is 0 Å². The summed E-state index contributed by atoms with van der Waals surface area (Å²) in [5.74, 6) is -0.125. The monoisotopic (exact) mass is 310 g/mol. The predicted molar refractivity (Wildman–Crippen MR) is 82.4 cm³/mol. The third-order valence-electron chi connectivity index (χ3n) is 3.43. The van der Waals surface area contributed by atoms with E-state index in [0.29, 0.717) is 49.0 Å². The van der Waals surface area contributed by atoms with E-state index < -0.39 is 0 Å². The van der Waals surface area contributed by atoms with Crippen molar-refractivity contribution >= 4 is 29.2 Å². The van der Waals surface area contributed by atoms with Gasteiger partial charge in [-0.25, -0.2) is 4.79 Å². The quantitative estimate of drug-likeness (QED) is 0.811. The molecule has 1 heterocycles. The third-order valence-corrected chi connectivity index (χ3v) is 3.66. The summed E-state index contributed by atoms with van der Waals surface area (Å²) in [6.45, 7) is 4.51. The Morgan fingerprint density at radius 3 is 2.43 bits per heavy atom. The first-order chi connectivity index (χ1) is 10.0. The van der Waals surface area contributed by atoms with Gasteiger partial charge in [0.2, 0.25) is 0 Å². The number of nitrogens with one attached hydrogen (secondary N) is 1. The smallest absolute Gasteiger partial charge is 0.317 e. The molecule has 0 unspecified atom stereocenters. The average Bonchev–Trinajstić information content (AvgIpc) is 2.47. The van der Waals surface area contributed by atoms with E-state index in [4.69, 9.17) is 17.3 Å². The Labute approximate surface area is 128 Å². The van der Waals surface area contributed by atoms with E-state index in [-0.39, 0.29) is 11.9 Å². The maximum absolute atomic E-state index is 12.4. The number of carbonyl (C=O) groups excluding carboxylic acids is 2. The lowest BCUT2D eigenvalue weighted by molar-refractivity contribution is 0.0666. The molecule has 1 fully saturated rings. The first-order valence-corrected chi connectivity index (χ1v) is 7.27. The van der Waals surface area contributed by atoms with Crippen LogP contribution in [0.3, 0.4) is 0 Å². The minimum absolute atomic E-state index is 0.0874. The molecule has 0 radical (unpaired) electrons. The molecule has 0 aliphatic carbocycles. The molecule has 21 heavy (non-hydrogen) atoms. The molecule has 0 bridgehead atoms. The molecule has 3 N–H and O–H groups in total. The Morgan fingerprint density at radius 2 is 1.86 bits per heavy atom. The summed E-state index contributed by atoms with van der Waals surface area (Å²) in [6.07, 6.45) is 0. The van der Waals surface area contributed by atoms with Crippen molar-refractivity contribution in [2.24, 2.45) is 0 Å². The van der Waals surface area contributed by atoms with E-state index in [1.54, 1.807) is 28.0 Å². The van der Waals surface area contributed by atoms with Gasteiger partial charge in [0.15, 0.2) is 0 Å². The van der Waals surface area contributed by atoms with Crippen LogP contribution in [0.15, 0.2) is 18.2 Å². The third kappa shape index (κ3) is 3.58. The number of benzene rings is 1. The van der Waals surface area contributed by atoms with Crippen molar-refractivity contribution < 1.29 is 9.59 Å². The first-order valence-electron chi connectivity index (χ1n) is 6.90. The molecule has 114 valence electrons. The van der Waals surface area contributed by atoms with Crippen molar-refractivity contribution in [1.82, 2.24) is 15.1 Å². The van der Waals surface area contributed by atoms with Gasteiger partial charge in [0, 0.05) is 43.4 Å². The van der Waals surface area contributed by atoms with Gasteiger partial charge in [0.1, 0.15) is 0 Å². The molecule has 1 saturated heterocycles. The highest BCUT2D eigenvalue weighted by Crippen LogP contribution is 2.20. The standard InChI is InChI=1S/C14H19ClN4O2/c1-2-17-14(21)19-7-5-18(6-8-19)13(20)11-4-3-10(15)9-12(11)16/h3-4,9H,2,5-8,16H2,1H3,(H,17,21). The number of nitrogen functional groups attached to an aromatic ring is 1. The molecule has 1 aromatic rings. The Morgan fingerprint density at radius 1 is 1.24 bits per heavy atom. The maximum atomic E-state index is 12.4. The second kappa shape index (κ2) is 6.67. The molecule has 0 atom stereocenters. The van der Waals surface area contributed by atoms with E-state index in [1.807, 2.05) is 6.92 Å². The minimum Gasteiger partial charge on any atom is -0.398 e. The SMILES string of the molecule is CCNC(=O)N1CCN(C(=O)c2ccc(Cl)cc2N)CC1. The van der Waals surface area contributed by atoms with Crippen molar-refractivity contribution in [3.8, 4) is 0 Å². The number of piperazine rings is 1. The lowest BCUT2D eigenvalue weighted by Crippen LogP contribution is -2.53. The van der Waals surface area contributed by atoms with Gasteiger partial charge in [-0.2, -0.15) is 0 Å². The van der Waals surface area contributed by atoms with Crippen LogP contribution in [0.1, 0.15) is 17.3 Å². The lowest BCUT2D eigenvalue weighted by atomic mass is 10.1.